The maximum Gasteiger partial charge on any atom is 0.268 e. The highest BCUT2D eigenvalue weighted by atomic mass is 32.2. The number of nitrogens with zero attached hydrogens (tertiary/aromatic N) is 2. The van der Waals surface area contributed by atoms with Crippen molar-refractivity contribution < 1.29 is 18.0 Å². The molecule has 5 saturated carbocycles. The van der Waals surface area contributed by atoms with Crippen molar-refractivity contribution in [3.63, 3.8) is 0 Å². The number of nitrogens with one attached hydrogen (secondary N) is 2. The summed E-state index contributed by atoms with van der Waals surface area (Å²) in [7, 11) is -1.41. The van der Waals surface area contributed by atoms with E-state index in [4.69, 9.17) is 0 Å². The van der Waals surface area contributed by atoms with Crippen LogP contribution in [0.15, 0.2) is 47.5 Å². The average Bonchev–Trinajstić information content (AvgIpc) is 3.65. The van der Waals surface area contributed by atoms with Gasteiger partial charge in [0.25, 0.3) is 5.91 Å². The number of carbonyl (C=O) groups is 2. The Morgan fingerprint density at radius 3 is 2.33 bits per heavy atom. The first kappa shape index (κ1) is 31.0. The zero-order valence-corrected chi connectivity index (χ0v) is 27.9. The van der Waals surface area contributed by atoms with Crippen LogP contribution in [0.1, 0.15) is 94.1 Å². The number of hydrogen-bond donors (Lipinski definition) is 2. The minimum atomic E-state index is -3.52. The smallest absolute Gasteiger partial charge is 0.268 e. The summed E-state index contributed by atoms with van der Waals surface area (Å²) in [6.07, 6.45) is 12.9. The first-order valence-electron chi connectivity index (χ1n) is 17.3. The van der Waals surface area contributed by atoms with Crippen LogP contribution in [-0.4, -0.2) is 78.5 Å². The van der Waals surface area contributed by atoms with E-state index in [9.17, 15) is 18.0 Å². The van der Waals surface area contributed by atoms with Gasteiger partial charge in [-0.3, -0.25) is 9.59 Å². The lowest BCUT2D eigenvalue weighted by Gasteiger charge is -2.56. The Bertz CT molecular complexity index is 1480. The Morgan fingerprint density at radius 1 is 1.02 bits per heavy atom. The topological polar surface area (TPSA) is 103 Å². The first-order chi connectivity index (χ1) is 21.5. The molecule has 9 heteroatoms. The van der Waals surface area contributed by atoms with Gasteiger partial charge in [0.05, 0.1) is 10.6 Å². The van der Waals surface area contributed by atoms with Gasteiger partial charge in [0.1, 0.15) is 11.7 Å². The number of carbonyl (C=O) groups excluding carboxylic acids is 2. The van der Waals surface area contributed by atoms with E-state index in [0.717, 1.165) is 37.0 Å². The van der Waals surface area contributed by atoms with E-state index in [-0.39, 0.29) is 41.0 Å². The molecule has 8 rings (SSSR count). The molecule has 4 bridgehead atoms. The fourth-order valence-corrected chi connectivity index (χ4v) is 12.0. The van der Waals surface area contributed by atoms with Gasteiger partial charge in [0, 0.05) is 30.9 Å². The van der Waals surface area contributed by atoms with Crippen LogP contribution in [0.4, 0.5) is 0 Å². The van der Waals surface area contributed by atoms with E-state index in [1.54, 1.807) is 24.3 Å². The van der Waals surface area contributed by atoms with Gasteiger partial charge in [-0.25, -0.2) is 8.42 Å². The molecule has 1 aliphatic heterocycles. The highest BCUT2D eigenvalue weighted by molar-refractivity contribution is 7.91. The molecule has 2 heterocycles. The van der Waals surface area contributed by atoms with Crippen molar-refractivity contribution in [2.24, 2.45) is 23.7 Å². The second kappa shape index (κ2) is 11.9. The van der Waals surface area contributed by atoms with Crippen molar-refractivity contribution in [3.8, 4) is 0 Å². The van der Waals surface area contributed by atoms with Crippen LogP contribution >= 0.6 is 0 Å². The molecule has 45 heavy (non-hydrogen) atoms. The van der Waals surface area contributed by atoms with Gasteiger partial charge in [0.15, 0.2) is 9.84 Å². The summed E-state index contributed by atoms with van der Waals surface area (Å²) in [6.45, 7) is 4.86. The maximum atomic E-state index is 13.9. The molecule has 244 valence electrons. The summed E-state index contributed by atoms with van der Waals surface area (Å²) in [4.78, 5) is 35.1. The van der Waals surface area contributed by atoms with E-state index >= 15 is 0 Å². The number of rotatable bonds is 9. The first-order valence-corrected chi connectivity index (χ1v) is 19.0. The van der Waals surface area contributed by atoms with Gasteiger partial charge < -0.3 is 20.1 Å². The fraction of sp³-hybridized carbons (Fsp3) is 0.667. The quantitative estimate of drug-likeness (QED) is 0.397. The normalized spacial score (nSPS) is 34.6. The van der Waals surface area contributed by atoms with E-state index in [0.29, 0.717) is 29.6 Å². The Hall–Kier alpha value is -2.65. The summed E-state index contributed by atoms with van der Waals surface area (Å²) in [6, 6.07) is 10.6. The third-order valence-corrected chi connectivity index (χ3v) is 14.2. The number of benzene rings is 1. The number of aromatic nitrogens is 1. The number of hydrogen-bond acceptors (Lipinski definition) is 5. The lowest BCUT2D eigenvalue weighted by atomic mass is 9.48. The van der Waals surface area contributed by atoms with Gasteiger partial charge in [-0.15, -0.1) is 0 Å². The molecule has 0 unspecified atom stereocenters. The molecule has 2 amide bonds. The number of likely N-dealkylation sites (tertiary alicyclic amines) is 1. The molecule has 6 fully saturated rings. The third kappa shape index (κ3) is 5.88. The summed E-state index contributed by atoms with van der Waals surface area (Å²) in [5, 5.41) is 3.04. The Morgan fingerprint density at radius 2 is 1.69 bits per heavy atom. The van der Waals surface area contributed by atoms with Crippen LogP contribution in [0.25, 0.3) is 0 Å². The molecule has 1 aromatic carbocycles. The van der Waals surface area contributed by atoms with Crippen molar-refractivity contribution in [2.75, 3.05) is 19.3 Å². The van der Waals surface area contributed by atoms with Crippen molar-refractivity contribution in [1.29, 1.82) is 0 Å². The third-order valence-electron chi connectivity index (χ3n) is 12.4. The molecular formula is C36H50N4O4S. The van der Waals surface area contributed by atoms with Crippen LogP contribution in [0.2, 0.25) is 0 Å². The predicted molar refractivity (Wildman–Crippen MR) is 175 cm³/mol. The van der Waals surface area contributed by atoms with Gasteiger partial charge in [-0.2, -0.15) is 0 Å². The van der Waals surface area contributed by atoms with Gasteiger partial charge in [0.2, 0.25) is 5.91 Å². The molecule has 0 radical (unpaired) electrons. The van der Waals surface area contributed by atoms with E-state index in [1.807, 2.05) is 11.0 Å². The highest BCUT2D eigenvalue weighted by Gasteiger charge is 2.52. The minimum absolute atomic E-state index is 0.0144. The predicted octanol–water partition coefficient (Wildman–Crippen LogP) is 5.16. The molecule has 2 N–H and O–H groups in total. The summed E-state index contributed by atoms with van der Waals surface area (Å²) in [5.41, 5.74) is 2.02. The zero-order valence-electron chi connectivity index (χ0n) is 27.1. The van der Waals surface area contributed by atoms with Crippen LogP contribution in [0.5, 0.6) is 0 Å². The van der Waals surface area contributed by atoms with Crippen molar-refractivity contribution in [3.05, 3.63) is 53.9 Å². The van der Waals surface area contributed by atoms with Gasteiger partial charge in [-0.1, -0.05) is 18.2 Å². The van der Waals surface area contributed by atoms with Crippen LogP contribution in [-0.2, 0) is 20.0 Å². The Balaban J connectivity index is 1.04. The number of amides is 2. The molecule has 1 saturated heterocycles. The molecule has 0 spiro atoms. The minimum Gasteiger partial charge on any atom is -0.357 e. The lowest BCUT2D eigenvalue weighted by Crippen LogP contribution is -2.53. The van der Waals surface area contributed by atoms with Crippen molar-refractivity contribution in [1.82, 2.24) is 20.1 Å². The van der Waals surface area contributed by atoms with Crippen LogP contribution in [0, 0.1) is 23.7 Å². The number of sulfone groups is 1. The molecule has 8 nitrogen and oxygen atoms in total. The SMILES string of the molecule is CC(C)N(C)[C@@H]1CC[C@H](N2CC[C@H](NC(=O)c3cc(C45CC6CC(CC(C6)C4)C5)c[nH]3)C2=O)[C@H](CS(=O)(=O)c2ccccc2)C1. The summed E-state index contributed by atoms with van der Waals surface area (Å²) < 4.78 is 27.1. The Labute approximate surface area is 268 Å². The Kier molecular flexibility index (Phi) is 8.16. The fourth-order valence-electron chi connectivity index (χ4n) is 10.3. The average molecular weight is 635 g/mol. The van der Waals surface area contributed by atoms with E-state index < -0.39 is 15.9 Å². The second-order valence-electron chi connectivity index (χ2n) is 15.5. The summed E-state index contributed by atoms with van der Waals surface area (Å²) in [5.74, 6) is 2.02. The highest BCUT2D eigenvalue weighted by Crippen LogP contribution is 2.60. The summed E-state index contributed by atoms with van der Waals surface area (Å²) >= 11 is 0. The van der Waals surface area contributed by atoms with Gasteiger partial charge in [-0.05, 0) is 138 Å². The number of H-pyrrole nitrogens is 1. The molecule has 1 aromatic heterocycles. The van der Waals surface area contributed by atoms with E-state index in [2.05, 4.69) is 48.4 Å². The maximum absolute atomic E-state index is 13.9. The number of aromatic amines is 1. The van der Waals surface area contributed by atoms with E-state index in [1.165, 1.54) is 44.1 Å². The van der Waals surface area contributed by atoms with Crippen LogP contribution < -0.4 is 5.32 Å². The molecule has 5 aliphatic carbocycles. The zero-order chi connectivity index (χ0) is 31.5. The monoisotopic (exact) mass is 634 g/mol. The van der Waals surface area contributed by atoms with Crippen LogP contribution in [0.3, 0.4) is 0 Å². The standard InChI is InChI=1S/C36H50N4O4S/c1-23(2)39(3)29-9-10-33(27(16-29)22-45(43,44)30-7-5-4-6-8-30)40-12-11-31(35(40)42)38-34(41)32-17-28(21-37-32)36-18-24-13-25(19-36)15-26(14-24)20-36/h4-8,17,21,23-27,29,31,33,37H,9-16,18-20,22H2,1-3H3,(H,38,41)/t24?,25?,26?,27-,29+,31-,33-,36?/m0/s1. The van der Waals surface area contributed by atoms with Crippen molar-refractivity contribution in [2.45, 2.75) is 113 Å². The molecule has 6 aliphatic rings. The second-order valence-corrected chi connectivity index (χ2v) is 17.5. The van der Waals surface area contributed by atoms with Gasteiger partial charge >= 0.3 is 0 Å². The lowest BCUT2D eigenvalue weighted by molar-refractivity contribution is -0.133. The molecule has 4 atom stereocenters. The molecule has 2 aromatic rings. The largest absolute Gasteiger partial charge is 0.357 e. The molecular weight excluding hydrogens is 584 g/mol. The van der Waals surface area contributed by atoms with Crippen molar-refractivity contribution >= 4 is 21.7 Å².